The monoisotopic (exact) mass is 297 g/mol. The molecular formula is C18H23N3O. The maximum absolute atomic E-state index is 12.1. The minimum absolute atomic E-state index is 0.140. The minimum atomic E-state index is -0.140. The van der Waals surface area contributed by atoms with Crippen molar-refractivity contribution in [2.45, 2.75) is 27.7 Å². The Morgan fingerprint density at radius 3 is 2.50 bits per heavy atom. The van der Waals surface area contributed by atoms with Gasteiger partial charge in [-0.1, -0.05) is 32.0 Å². The van der Waals surface area contributed by atoms with Gasteiger partial charge < -0.3 is 10.6 Å². The molecule has 0 unspecified atom stereocenters. The number of rotatable bonds is 5. The first-order chi connectivity index (χ1) is 10.5. The lowest BCUT2D eigenvalue weighted by atomic mass is 10.1. The van der Waals surface area contributed by atoms with Crippen LogP contribution in [-0.2, 0) is 0 Å². The highest BCUT2D eigenvalue weighted by molar-refractivity contribution is 5.93. The maximum Gasteiger partial charge on any atom is 0.269 e. The van der Waals surface area contributed by atoms with Crippen LogP contribution in [0.3, 0.4) is 0 Å². The SMILES string of the molecule is Cc1cccc(C)c1Nc1ccnc(C(=O)NCC(C)C)c1. The second kappa shape index (κ2) is 7.07. The molecule has 116 valence electrons. The molecule has 0 radical (unpaired) electrons. The molecule has 1 aromatic carbocycles. The highest BCUT2D eigenvalue weighted by Gasteiger charge is 2.09. The number of nitrogens with one attached hydrogen (secondary N) is 2. The number of aromatic nitrogens is 1. The number of benzene rings is 1. The molecule has 1 aromatic heterocycles. The molecule has 0 aliphatic heterocycles. The Morgan fingerprint density at radius 2 is 1.86 bits per heavy atom. The molecule has 0 fully saturated rings. The molecule has 0 aliphatic carbocycles. The topological polar surface area (TPSA) is 54.0 Å². The quantitative estimate of drug-likeness (QED) is 0.882. The Kier molecular flexibility index (Phi) is 5.15. The van der Waals surface area contributed by atoms with E-state index in [2.05, 4.69) is 55.4 Å². The highest BCUT2D eigenvalue weighted by atomic mass is 16.1. The van der Waals surface area contributed by atoms with Crippen LogP contribution < -0.4 is 10.6 Å². The van der Waals surface area contributed by atoms with E-state index >= 15 is 0 Å². The lowest BCUT2D eigenvalue weighted by molar-refractivity contribution is 0.0944. The minimum Gasteiger partial charge on any atom is -0.355 e. The third kappa shape index (κ3) is 4.07. The molecule has 0 saturated heterocycles. The normalized spacial score (nSPS) is 10.6. The van der Waals surface area contributed by atoms with Crippen molar-refractivity contribution in [3.8, 4) is 0 Å². The number of carbonyl (C=O) groups is 1. The van der Waals surface area contributed by atoms with Crippen LogP contribution in [0.4, 0.5) is 11.4 Å². The lowest BCUT2D eigenvalue weighted by Crippen LogP contribution is -2.28. The summed E-state index contributed by atoms with van der Waals surface area (Å²) in [6.45, 7) is 8.90. The lowest BCUT2D eigenvalue weighted by Gasteiger charge is -2.13. The van der Waals surface area contributed by atoms with Gasteiger partial charge in [0.25, 0.3) is 5.91 Å². The number of carbonyl (C=O) groups excluding carboxylic acids is 1. The summed E-state index contributed by atoms with van der Waals surface area (Å²) in [5.74, 6) is 0.277. The van der Waals surface area contributed by atoms with Gasteiger partial charge >= 0.3 is 0 Å². The van der Waals surface area contributed by atoms with Crippen LogP contribution in [0.1, 0.15) is 35.5 Å². The summed E-state index contributed by atoms with van der Waals surface area (Å²) in [5, 5.41) is 6.26. The van der Waals surface area contributed by atoms with Crippen molar-refractivity contribution in [2.75, 3.05) is 11.9 Å². The van der Waals surface area contributed by atoms with Gasteiger partial charge in [-0.2, -0.15) is 0 Å². The summed E-state index contributed by atoms with van der Waals surface area (Å²) >= 11 is 0. The molecule has 0 saturated carbocycles. The molecular weight excluding hydrogens is 274 g/mol. The van der Waals surface area contributed by atoms with Crippen LogP contribution in [-0.4, -0.2) is 17.4 Å². The van der Waals surface area contributed by atoms with E-state index in [1.165, 1.54) is 11.1 Å². The van der Waals surface area contributed by atoms with Gasteiger partial charge in [-0.05, 0) is 43.0 Å². The fourth-order valence-electron chi connectivity index (χ4n) is 2.18. The van der Waals surface area contributed by atoms with Crippen molar-refractivity contribution in [3.63, 3.8) is 0 Å². The maximum atomic E-state index is 12.1. The number of hydrogen-bond donors (Lipinski definition) is 2. The van der Waals surface area contributed by atoms with Gasteiger partial charge in [-0.3, -0.25) is 9.78 Å². The summed E-state index contributed by atoms with van der Waals surface area (Å²) in [7, 11) is 0. The highest BCUT2D eigenvalue weighted by Crippen LogP contribution is 2.24. The van der Waals surface area contributed by atoms with E-state index in [-0.39, 0.29) is 5.91 Å². The molecule has 1 amide bonds. The summed E-state index contributed by atoms with van der Waals surface area (Å²) in [6.07, 6.45) is 1.65. The van der Waals surface area contributed by atoms with Crippen molar-refractivity contribution in [1.29, 1.82) is 0 Å². The van der Waals surface area contributed by atoms with Crippen molar-refractivity contribution in [3.05, 3.63) is 53.3 Å². The molecule has 0 atom stereocenters. The van der Waals surface area contributed by atoms with E-state index in [1.807, 2.05) is 12.1 Å². The predicted octanol–water partition coefficient (Wildman–Crippen LogP) is 3.83. The van der Waals surface area contributed by atoms with E-state index in [1.54, 1.807) is 12.3 Å². The molecule has 2 rings (SSSR count). The van der Waals surface area contributed by atoms with E-state index in [9.17, 15) is 4.79 Å². The number of aryl methyl sites for hydroxylation is 2. The van der Waals surface area contributed by atoms with Gasteiger partial charge in [0, 0.05) is 24.1 Å². The van der Waals surface area contributed by atoms with Crippen LogP contribution in [0.2, 0.25) is 0 Å². The van der Waals surface area contributed by atoms with Crippen molar-refractivity contribution in [2.24, 2.45) is 5.92 Å². The number of pyridine rings is 1. The first-order valence-electron chi connectivity index (χ1n) is 7.55. The number of para-hydroxylation sites is 1. The van der Waals surface area contributed by atoms with Crippen LogP contribution in [0.15, 0.2) is 36.5 Å². The molecule has 0 bridgehead atoms. The second-order valence-electron chi connectivity index (χ2n) is 5.93. The van der Waals surface area contributed by atoms with Crippen molar-refractivity contribution >= 4 is 17.3 Å². The summed E-state index contributed by atoms with van der Waals surface area (Å²) < 4.78 is 0. The summed E-state index contributed by atoms with van der Waals surface area (Å²) in [4.78, 5) is 16.2. The van der Waals surface area contributed by atoms with E-state index < -0.39 is 0 Å². The third-order valence-electron chi connectivity index (χ3n) is 3.41. The Balaban J connectivity index is 2.17. The Labute approximate surface area is 132 Å². The average Bonchev–Trinajstić information content (AvgIpc) is 2.49. The number of hydrogen-bond acceptors (Lipinski definition) is 3. The molecule has 2 aromatic rings. The van der Waals surface area contributed by atoms with Gasteiger partial charge in [0.1, 0.15) is 5.69 Å². The zero-order valence-electron chi connectivity index (χ0n) is 13.6. The zero-order valence-corrected chi connectivity index (χ0v) is 13.6. The number of nitrogens with zero attached hydrogens (tertiary/aromatic N) is 1. The van der Waals surface area contributed by atoms with Gasteiger partial charge in [0.15, 0.2) is 0 Å². The smallest absolute Gasteiger partial charge is 0.269 e. The Morgan fingerprint density at radius 1 is 1.18 bits per heavy atom. The van der Waals surface area contributed by atoms with Crippen molar-refractivity contribution in [1.82, 2.24) is 10.3 Å². The van der Waals surface area contributed by atoms with E-state index in [4.69, 9.17) is 0 Å². The second-order valence-corrected chi connectivity index (χ2v) is 5.93. The molecule has 0 aliphatic rings. The van der Waals surface area contributed by atoms with Crippen LogP contribution in [0, 0.1) is 19.8 Å². The fraction of sp³-hybridized carbons (Fsp3) is 0.333. The standard InChI is InChI=1S/C18H23N3O/c1-12(2)11-20-18(22)16-10-15(8-9-19-16)21-17-13(3)6-5-7-14(17)4/h5-10,12H,11H2,1-4H3,(H,19,21)(H,20,22). The number of anilines is 2. The molecule has 2 N–H and O–H groups in total. The molecule has 0 spiro atoms. The molecule has 22 heavy (non-hydrogen) atoms. The van der Waals surface area contributed by atoms with Gasteiger partial charge in [0.2, 0.25) is 0 Å². The fourth-order valence-corrected chi connectivity index (χ4v) is 2.18. The zero-order chi connectivity index (χ0) is 16.1. The van der Waals surface area contributed by atoms with Gasteiger partial charge in [-0.15, -0.1) is 0 Å². The largest absolute Gasteiger partial charge is 0.355 e. The first kappa shape index (κ1) is 16.0. The van der Waals surface area contributed by atoms with Crippen molar-refractivity contribution < 1.29 is 4.79 Å². The van der Waals surface area contributed by atoms with E-state index in [0.29, 0.717) is 18.2 Å². The number of amides is 1. The molecule has 4 heteroatoms. The van der Waals surface area contributed by atoms with E-state index in [0.717, 1.165) is 11.4 Å². The average molecular weight is 297 g/mol. The van der Waals surface area contributed by atoms with Gasteiger partial charge in [0.05, 0.1) is 0 Å². The van der Waals surface area contributed by atoms with Crippen LogP contribution >= 0.6 is 0 Å². The molecule has 1 heterocycles. The predicted molar refractivity (Wildman–Crippen MR) is 90.6 cm³/mol. The summed E-state index contributed by atoms with van der Waals surface area (Å²) in [6, 6.07) is 9.80. The summed E-state index contributed by atoms with van der Waals surface area (Å²) in [5.41, 5.74) is 4.70. The molecule has 4 nitrogen and oxygen atoms in total. The Hall–Kier alpha value is -2.36. The van der Waals surface area contributed by atoms with Crippen LogP contribution in [0.25, 0.3) is 0 Å². The first-order valence-corrected chi connectivity index (χ1v) is 7.55. The van der Waals surface area contributed by atoms with Gasteiger partial charge in [-0.25, -0.2) is 0 Å². The van der Waals surface area contributed by atoms with Crippen LogP contribution in [0.5, 0.6) is 0 Å². The third-order valence-corrected chi connectivity index (χ3v) is 3.41. The Bertz CT molecular complexity index is 645.